The van der Waals surface area contributed by atoms with Crippen LogP contribution in [0.25, 0.3) is 10.6 Å². The minimum atomic E-state index is -0.257. The molecule has 5 nitrogen and oxygen atoms in total. The highest BCUT2D eigenvalue weighted by molar-refractivity contribution is 9.10. The number of amides is 1. The summed E-state index contributed by atoms with van der Waals surface area (Å²) in [5.74, 6) is 0.861. The first-order valence-corrected chi connectivity index (χ1v) is 8.15. The summed E-state index contributed by atoms with van der Waals surface area (Å²) >= 11 is 4.95. The number of anilines is 1. The van der Waals surface area contributed by atoms with E-state index >= 15 is 0 Å². The zero-order valence-corrected chi connectivity index (χ0v) is 13.8. The zero-order chi connectivity index (χ0) is 15.4. The lowest BCUT2D eigenvalue weighted by molar-refractivity contribution is -0.118. The molecule has 2 aromatic heterocycles. The molecule has 0 aliphatic rings. The number of thiophene rings is 1. The Kier molecular flexibility index (Phi) is 4.55. The minimum Gasteiger partial charge on any atom is -0.484 e. The van der Waals surface area contributed by atoms with E-state index in [4.69, 9.17) is 4.74 Å². The van der Waals surface area contributed by atoms with Crippen molar-refractivity contribution < 1.29 is 9.53 Å². The van der Waals surface area contributed by atoms with Gasteiger partial charge in [-0.15, -0.1) is 11.3 Å². The van der Waals surface area contributed by atoms with Gasteiger partial charge in [-0.05, 0) is 35.7 Å². The summed E-state index contributed by atoms with van der Waals surface area (Å²) in [5.41, 5.74) is 0.874. The number of nitrogens with one attached hydrogen (secondary N) is 2. The van der Waals surface area contributed by atoms with Crippen LogP contribution in [0.15, 0.2) is 52.3 Å². The fourth-order valence-electron chi connectivity index (χ4n) is 1.80. The molecule has 0 saturated heterocycles. The molecular formula is C15H12BrN3O2S. The first kappa shape index (κ1) is 14.8. The molecule has 22 heavy (non-hydrogen) atoms. The number of hydrogen-bond acceptors (Lipinski definition) is 4. The predicted octanol–water partition coefficient (Wildman–Crippen LogP) is 3.92. The lowest BCUT2D eigenvalue weighted by atomic mass is 10.3. The molecule has 0 aliphatic heterocycles. The van der Waals surface area contributed by atoms with Crippen molar-refractivity contribution in [3.05, 3.63) is 52.3 Å². The van der Waals surface area contributed by atoms with Crippen molar-refractivity contribution in [3.8, 4) is 16.3 Å². The van der Waals surface area contributed by atoms with Gasteiger partial charge in [0.15, 0.2) is 12.4 Å². The fraction of sp³-hybridized carbons (Fsp3) is 0.0667. The predicted molar refractivity (Wildman–Crippen MR) is 90.2 cm³/mol. The third-order valence-corrected chi connectivity index (χ3v) is 4.25. The molecule has 0 fully saturated rings. The van der Waals surface area contributed by atoms with Gasteiger partial charge in [0.05, 0.1) is 10.6 Å². The summed E-state index contributed by atoms with van der Waals surface area (Å²) in [6.45, 7) is -0.0666. The summed E-state index contributed by atoms with van der Waals surface area (Å²) < 4.78 is 6.37. The number of ether oxygens (including phenoxy) is 1. The fourth-order valence-corrected chi connectivity index (χ4v) is 2.76. The Morgan fingerprint density at radius 1 is 1.32 bits per heavy atom. The molecule has 7 heteroatoms. The molecule has 0 saturated carbocycles. The van der Waals surface area contributed by atoms with E-state index in [0.717, 1.165) is 15.0 Å². The van der Waals surface area contributed by atoms with Gasteiger partial charge in [-0.1, -0.05) is 22.0 Å². The summed E-state index contributed by atoms with van der Waals surface area (Å²) in [5, 5.41) is 11.6. The van der Waals surface area contributed by atoms with Gasteiger partial charge in [-0.2, -0.15) is 5.10 Å². The van der Waals surface area contributed by atoms with Crippen LogP contribution in [-0.2, 0) is 4.79 Å². The van der Waals surface area contributed by atoms with Crippen molar-refractivity contribution in [2.24, 2.45) is 0 Å². The van der Waals surface area contributed by atoms with Gasteiger partial charge in [0.2, 0.25) is 0 Å². The van der Waals surface area contributed by atoms with Crippen molar-refractivity contribution in [3.63, 3.8) is 0 Å². The Balaban J connectivity index is 1.54. The van der Waals surface area contributed by atoms with Crippen molar-refractivity contribution in [1.82, 2.24) is 10.2 Å². The quantitative estimate of drug-likeness (QED) is 0.707. The van der Waals surface area contributed by atoms with Crippen LogP contribution in [0.1, 0.15) is 0 Å². The third-order valence-electron chi connectivity index (χ3n) is 2.82. The smallest absolute Gasteiger partial charge is 0.263 e. The third kappa shape index (κ3) is 3.75. The number of carbonyl (C=O) groups is 1. The van der Waals surface area contributed by atoms with E-state index in [1.54, 1.807) is 29.5 Å². The minimum absolute atomic E-state index is 0.0666. The van der Waals surface area contributed by atoms with Crippen LogP contribution in [0.5, 0.6) is 5.75 Å². The van der Waals surface area contributed by atoms with E-state index in [1.807, 2.05) is 29.6 Å². The lowest BCUT2D eigenvalue weighted by Crippen LogP contribution is -2.20. The van der Waals surface area contributed by atoms with Crippen molar-refractivity contribution >= 4 is 39.0 Å². The average Bonchev–Trinajstić information content (AvgIpc) is 3.17. The molecule has 0 radical (unpaired) electrons. The molecule has 2 N–H and O–H groups in total. The van der Waals surface area contributed by atoms with Gasteiger partial charge >= 0.3 is 0 Å². The number of aromatic nitrogens is 2. The Morgan fingerprint density at radius 3 is 2.86 bits per heavy atom. The Hall–Kier alpha value is -2.12. The van der Waals surface area contributed by atoms with Crippen LogP contribution >= 0.6 is 27.3 Å². The number of halogens is 1. The van der Waals surface area contributed by atoms with E-state index in [0.29, 0.717) is 11.6 Å². The van der Waals surface area contributed by atoms with Crippen molar-refractivity contribution in [1.29, 1.82) is 0 Å². The highest BCUT2D eigenvalue weighted by Gasteiger charge is 2.08. The number of hydrogen-bond donors (Lipinski definition) is 2. The second-order valence-corrected chi connectivity index (χ2v) is 6.30. The molecule has 3 aromatic rings. The maximum absolute atomic E-state index is 11.9. The second-order valence-electron chi connectivity index (χ2n) is 4.43. The molecule has 0 aliphatic carbocycles. The largest absolute Gasteiger partial charge is 0.484 e. The summed E-state index contributed by atoms with van der Waals surface area (Å²) in [4.78, 5) is 12.9. The summed E-state index contributed by atoms with van der Waals surface area (Å²) in [7, 11) is 0. The van der Waals surface area contributed by atoms with E-state index in [1.165, 1.54) is 0 Å². The molecule has 3 rings (SSSR count). The van der Waals surface area contributed by atoms with Crippen molar-refractivity contribution in [2.75, 3.05) is 11.9 Å². The number of rotatable bonds is 5. The second kappa shape index (κ2) is 6.76. The highest BCUT2D eigenvalue weighted by Crippen LogP contribution is 2.24. The van der Waals surface area contributed by atoms with Gasteiger partial charge in [0, 0.05) is 10.5 Å². The Labute approximate surface area is 139 Å². The first-order chi connectivity index (χ1) is 10.7. The van der Waals surface area contributed by atoms with Crippen LogP contribution in [0, 0.1) is 0 Å². The highest BCUT2D eigenvalue weighted by atomic mass is 79.9. The van der Waals surface area contributed by atoms with Gasteiger partial charge in [0.1, 0.15) is 5.75 Å². The SMILES string of the molecule is O=C(COc1ccc(Br)cc1)Nc1cc(-c2cccs2)[nH]n1. The lowest BCUT2D eigenvalue weighted by Gasteiger charge is -2.05. The summed E-state index contributed by atoms with van der Waals surface area (Å²) in [6, 6.07) is 13.0. The molecule has 0 bridgehead atoms. The zero-order valence-electron chi connectivity index (χ0n) is 11.4. The van der Waals surface area contributed by atoms with Gasteiger partial charge in [-0.3, -0.25) is 9.89 Å². The topological polar surface area (TPSA) is 67.0 Å². The Morgan fingerprint density at radius 2 is 2.14 bits per heavy atom. The monoisotopic (exact) mass is 377 g/mol. The maximum Gasteiger partial charge on any atom is 0.263 e. The maximum atomic E-state index is 11.9. The molecule has 0 unspecified atom stereocenters. The molecule has 112 valence electrons. The molecule has 1 amide bonds. The van der Waals surface area contributed by atoms with Crippen LogP contribution in [-0.4, -0.2) is 22.7 Å². The normalized spacial score (nSPS) is 10.4. The van der Waals surface area contributed by atoms with E-state index in [9.17, 15) is 4.79 Å². The number of carbonyl (C=O) groups excluding carboxylic acids is 1. The van der Waals surface area contributed by atoms with Crippen LogP contribution in [0.3, 0.4) is 0 Å². The number of H-pyrrole nitrogens is 1. The van der Waals surface area contributed by atoms with Crippen LogP contribution < -0.4 is 10.1 Å². The van der Waals surface area contributed by atoms with E-state index in [-0.39, 0.29) is 12.5 Å². The van der Waals surface area contributed by atoms with Gasteiger partial charge < -0.3 is 10.1 Å². The van der Waals surface area contributed by atoms with Gasteiger partial charge in [-0.25, -0.2) is 0 Å². The Bertz CT molecular complexity index is 753. The standard InChI is InChI=1S/C15H12BrN3O2S/c16-10-3-5-11(6-4-10)21-9-15(20)17-14-8-12(18-19-14)13-2-1-7-22-13/h1-8H,9H2,(H2,17,18,19,20). The molecule has 1 aromatic carbocycles. The summed E-state index contributed by atoms with van der Waals surface area (Å²) in [6.07, 6.45) is 0. The number of aromatic amines is 1. The van der Waals surface area contributed by atoms with Gasteiger partial charge in [0.25, 0.3) is 5.91 Å². The molecule has 0 spiro atoms. The van der Waals surface area contributed by atoms with E-state index in [2.05, 4.69) is 31.4 Å². The van der Waals surface area contributed by atoms with Crippen LogP contribution in [0.2, 0.25) is 0 Å². The van der Waals surface area contributed by atoms with Crippen LogP contribution in [0.4, 0.5) is 5.82 Å². The first-order valence-electron chi connectivity index (χ1n) is 6.48. The van der Waals surface area contributed by atoms with Crippen molar-refractivity contribution in [2.45, 2.75) is 0 Å². The number of benzene rings is 1. The molecule has 0 atom stereocenters. The average molecular weight is 378 g/mol. The molecule has 2 heterocycles. The van der Waals surface area contributed by atoms with E-state index < -0.39 is 0 Å². The number of nitrogens with zero attached hydrogens (tertiary/aromatic N) is 1. The molecular weight excluding hydrogens is 366 g/mol.